The SMILES string of the molecule is NC1OC2(CN3CCC2CC3)CN1c1cc2cc(F)c(F)cc2cn1. The van der Waals surface area contributed by atoms with Gasteiger partial charge in [0.15, 0.2) is 18.0 Å². The van der Waals surface area contributed by atoms with Gasteiger partial charge in [-0.25, -0.2) is 13.8 Å². The molecule has 0 amide bonds. The molecule has 1 spiro atoms. The Morgan fingerprint density at radius 1 is 1.08 bits per heavy atom. The number of benzene rings is 1. The van der Waals surface area contributed by atoms with Crippen LogP contribution in [0.3, 0.4) is 0 Å². The highest BCUT2D eigenvalue weighted by Crippen LogP contribution is 2.43. The van der Waals surface area contributed by atoms with Crippen LogP contribution >= 0.6 is 0 Å². The van der Waals surface area contributed by atoms with Crippen molar-refractivity contribution in [2.24, 2.45) is 11.7 Å². The fourth-order valence-electron chi connectivity index (χ4n) is 4.65. The Labute approximate surface area is 144 Å². The molecule has 2 bridgehead atoms. The van der Waals surface area contributed by atoms with Crippen LogP contribution in [0.2, 0.25) is 0 Å². The summed E-state index contributed by atoms with van der Waals surface area (Å²) in [6.45, 7) is 3.83. The monoisotopic (exact) mass is 346 g/mol. The number of rotatable bonds is 1. The van der Waals surface area contributed by atoms with E-state index in [1.807, 2.05) is 4.90 Å². The Morgan fingerprint density at radius 3 is 2.48 bits per heavy atom. The van der Waals surface area contributed by atoms with Crippen LogP contribution in [-0.2, 0) is 4.74 Å². The largest absolute Gasteiger partial charge is 0.335 e. The Morgan fingerprint density at radius 2 is 1.80 bits per heavy atom. The van der Waals surface area contributed by atoms with E-state index in [1.165, 1.54) is 6.07 Å². The molecule has 0 radical (unpaired) electrons. The normalized spacial score (nSPS) is 34.4. The van der Waals surface area contributed by atoms with Gasteiger partial charge >= 0.3 is 0 Å². The first-order chi connectivity index (χ1) is 12.0. The van der Waals surface area contributed by atoms with Crippen molar-refractivity contribution in [3.8, 4) is 0 Å². The van der Waals surface area contributed by atoms with Gasteiger partial charge in [-0.05, 0) is 55.4 Å². The minimum atomic E-state index is -0.866. The maximum Gasteiger partial charge on any atom is 0.186 e. The van der Waals surface area contributed by atoms with Crippen molar-refractivity contribution >= 4 is 16.6 Å². The molecule has 7 heteroatoms. The maximum atomic E-state index is 13.6. The second-order valence-electron chi connectivity index (χ2n) is 7.41. The van der Waals surface area contributed by atoms with Crippen molar-refractivity contribution in [3.63, 3.8) is 0 Å². The number of hydrogen-bond donors (Lipinski definition) is 1. The number of nitrogens with two attached hydrogens (primary N) is 1. The highest BCUT2D eigenvalue weighted by Gasteiger charge is 2.54. The molecule has 1 aromatic heterocycles. The van der Waals surface area contributed by atoms with Crippen LogP contribution < -0.4 is 10.6 Å². The Bertz CT molecular complexity index is 839. The quantitative estimate of drug-likeness (QED) is 0.857. The first-order valence-corrected chi connectivity index (χ1v) is 8.71. The van der Waals surface area contributed by atoms with E-state index in [9.17, 15) is 8.78 Å². The molecule has 132 valence electrons. The van der Waals surface area contributed by atoms with E-state index >= 15 is 0 Å². The number of nitrogens with zero attached hydrogens (tertiary/aromatic N) is 3. The fraction of sp³-hybridized carbons (Fsp3) is 0.500. The third-order valence-electron chi connectivity index (χ3n) is 5.96. The van der Waals surface area contributed by atoms with Crippen LogP contribution in [0.1, 0.15) is 12.8 Å². The Hall–Kier alpha value is -1.83. The van der Waals surface area contributed by atoms with Crippen molar-refractivity contribution in [1.29, 1.82) is 0 Å². The van der Waals surface area contributed by atoms with Gasteiger partial charge in [0.25, 0.3) is 0 Å². The summed E-state index contributed by atoms with van der Waals surface area (Å²) in [6, 6.07) is 4.11. The maximum absolute atomic E-state index is 13.6. The number of ether oxygens (including phenoxy) is 1. The molecule has 4 aliphatic heterocycles. The highest BCUT2D eigenvalue weighted by molar-refractivity contribution is 5.84. The predicted molar refractivity (Wildman–Crippen MR) is 90.0 cm³/mol. The summed E-state index contributed by atoms with van der Waals surface area (Å²) >= 11 is 0. The van der Waals surface area contributed by atoms with Gasteiger partial charge in [0.05, 0.1) is 6.54 Å². The molecule has 0 saturated carbocycles. The van der Waals surface area contributed by atoms with E-state index in [0.29, 0.717) is 29.1 Å². The van der Waals surface area contributed by atoms with E-state index in [0.717, 1.165) is 38.5 Å². The zero-order valence-electron chi connectivity index (χ0n) is 13.8. The molecule has 2 aromatic rings. The van der Waals surface area contributed by atoms with Crippen molar-refractivity contribution < 1.29 is 13.5 Å². The number of piperidine rings is 3. The first kappa shape index (κ1) is 15.4. The molecule has 1 aromatic carbocycles. The van der Waals surface area contributed by atoms with Crippen molar-refractivity contribution in [2.45, 2.75) is 24.8 Å². The summed E-state index contributed by atoms with van der Waals surface area (Å²) in [7, 11) is 0. The number of halogens is 2. The average Bonchev–Trinajstić information content (AvgIpc) is 2.92. The van der Waals surface area contributed by atoms with E-state index in [4.69, 9.17) is 10.5 Å². The zero-order valence-corrected chi connectivity index (χ0v) is 13.8. The molecule has 4 saturated heterocycles. The second-order valence-corrected chi connectivity index (χ2v) is 7.41. The standard InChI is InChI=1S/C18H20F2N4O/c19-14-5-11-7-16(22-8-12(11)6-15(14)20)24-10-18(25-17(24)21)9-23-3-1-13(18)2-4-23/h5-8,13,17H,1-4,9-10,21H2. The van der Waals surface area contributed by atoms with Gasteiger partial charge < -0.3 is 14.5 Å². The molecule has 6 rings (SSSR count). The van der Waals surface area contributed by atoms with Crippen molar-refractivity contribution in [3.05, 3.63) is 36.0 Å². The van der Waals surface area contributed by atoms with Crippen LogP contribution in [0.25, 0.3) is 10.8 Å². The van der Waals surface area contributed by atoms with Crippen LogP contribution in [0.15, 0.2) is 24.4 Å². The lowest BCUT2D eigenvalue weighted by atomic mass is 9.75. The summed E-state index contributed by atoms with van der Waals surface area (Å²) in [5.41, 5.74) is 6.01. The van der Waals surface area contributed by atoms with E-state index < -0.39 is 18.0 Å². The smallest absolute Gasteiger partial charge is 0.186 e. The van der Waals surface area contributed by atoms with Gasteiger partial charge in [-0.2, -0.15) is 0 Å². The van der Waals surface area contributed by atoms with Gasteiger partial charge in [0, 0.05) is 18.1 Å². The van der Waals surface area contributed by atoms with Gasteiger partial charge in [0.1, 0.15) is 11.4 Å². The van der Waals surface area contributed by atoms with E-state index in [1.54, 1.807) is 12.3 Å². The molecule has 25 heavy (non-hydrogen) atoms. The number of pyridine rings is 1. The lowest BCUT2D eigenvalue weighted by Gasteiger charge is -2.50. The second kappa shape index (κ2) is 5.33. The van der Waals surface area contributed by atoms with Crippen LogP contribution in [0.5, 0.6) is 0 Å². The molecule has 0 aliphatic carbocycles. The Kier molecular flexibility index (Phi) is 3.29. The number of aromatic nitrogens is 1. The summed E-state index contributed by atoms with van der Waals surface area (Å²) < 4.78 is 33.2. The minimum Gasteiger partial charge on any atom is -0.335 e. The summed E-state index contributed by atoms with van der Waals surface area (Å²) in [5, 5.41) is 1.17. The van der Waals surface area contributed by atoms with E-state index in [-0.39, 0.29) is 5.60 Å². The predicted octanol–water partition coefficient (Wildman–Crippen LogP) is 2.06. The molecule has 2 N–H and O–H groups in total. The molecular formula is C18H20F2N4O. The molecule has 5 nitrogen and oxygen atoms in total. The molecule has 4 fully saturated rings. The number of fused-ring (bicyclic) bond motifs is 3. The summed E-state index contributed by atoms with van der Waals surface area (Å²) in [4.78, 5) is 8.78. The van der Waals surface area contributed by atoms with Gasteiger partial charge in [0.2, 0.25) is 0 Å². The van der Waals surface area contributed by atoms with Crippen LogP contribution in [0.4, 0.5) is 14.6 Å². The average molecular weight is 346 g/mol. The fourth-order valence-corrected chi connectivity index (χ4v) is 4.65. The zero-order chi connectivity index (χ0) is 17.2. The summed E-state index contributed by atoms with van der Waals surface area (Å²) in [6.07, 6.45) is 3.25. The van der Waals surface area contributed by atoms with E-state index in [2.05, 4.69) is 9.88 Å². The topological polar surface area (TPSA) is 54.6 Å². The number of hydrogen-bond acceptors (Lipinski definition) is 5. The third kappa shape index (κ3) is 2.33. The lowest BCUT2D eigenvalue weighted by molar-refractivity contribution is -0.137. The first-order valence-electron chi connectivity index (χ1n) is 8.71. The molecule has 5 heterocycles. The van der Waals surface area contributed by atoms with Crippen LogP contribution in [-0.4, -0.2) is 48.0 Å². The van der Waals surface area contributed by atoms with Gasteiger partial charge in [-0.3, -0.25) is 5.73 Å². The molecule has 2 atom stereocenters. The summed E-state index contributed by atoms with van der Waals surface area (Å²) in [5.74, 6) is -0.574. The minimum absolute atomic E-state index is 0.249. The van der Waals surface area contributed by atoms with Crippen LogP contribution in [0, 0.1) is 17.6 Å². The third-order valence-corrected chi connectivity index (χ3v) is 5.96. The number of anilines is 1. The molecular weight excluding hydrogens is 326 g/mol. The van der Waals surface area contributed by atoms with Gasteiger partial charge in [-0.15, -0.1) is 0 Å². The van der Waals surface area contributed by atoms with Crippen molar-refractivity contribution in [2.75, 3.05) is 31.1 Å². The Balaban J connectivity index is 1.49. The highest BCUT2D eigenvalue weighted by atomic mass is 19.2. The molecule has 2 unspecified atom stereocenters. The van der Waals surface area contributed by atoms with Crippen molar-refractivity contribution in [1.82, 2.24) is 9.88 Å². The lowest BCUT2D eigenvalue weighted by Crippen LogP contribution is -2.61. The van der Waals surface area contributed by atoms with Gasteiger partial charge in [-0.1, -0.05) is 0 Å². The molecule has 4 aliphatic rings.